The van der Waals surface area contributed by atoms with E-state index in [1.54, 1.807) is 0 Å². The molecule has 0 heterocycles. The molecule has 0 radical (unpaired) electrons. The molecular weight excluding hydrogens is 273 g/mol. The summed E-state index contributed by atoms with van der Waals surface area (Å²) in [5, 5.41) is 1.75. The standard InChI is InChI=1S/C13H17Cl2NS/c14-10-7-6-9(8-11(10)15)17-13-5-3-1-2-4-12(13)16/h6-8,12-13H,1-5,16H2. The second kappa shape index (κ2) is 6.33. The summed E-state index contributed by atoms with van der Waals surface area (Å²) in [6.45, 7) is 0. The van der Waals surface area contributed by atoms with E-state index in [0.29, 0.717) is 21.3 Å². The molecule has 0 bridgehead atoms. The molecule has 2 atom stereocenters. The second-order valence-corrected chi connectivity index (χ2v) is 6.66. The zero-order chi connectivity index (χ0) is 12.3. The van der Waals surface area contributed by atoms with Gasteiger partial charge in [0.1, 0.15) is 0 Å². The van der Waals surface area contributed by atoms with Gasteiger partial charge in [0.15, 0.2) is 0 Å². The fourth-order valence-electron chi connectivity index (χ4n) is 2.17. The first-order valence-electron chi connectivity index (χ1n) is 6.04. The van der Waals surface area contributed by atoms with E-state index in [4.69, 9.17) is 28.9 Å². The maximum atomic E-state index is 6.21. The Morgan fingerprint density at radius 3 is 2.59 bits per heavy atom. The number of hydrogen-bond donors (Lipinski definition) is 1. The number of halogens is 2. The first-order chi connectivity index (χ1) is 8.16. The summed E-state index contributed by atoms with van der Waals surface area (Å²) in [5.74, 6) is 0. The molecule has 1 aromatic rings. The highest BCUT2D eigenvalue weighted by molar-refractivity contribution is 8.00. The van der Waals surface area contributed by atoms with E-state index in [-0.39, 0.29) is 0 Å². The van der Waals surface area contributed by atoms with Crippen molar-refractivity contribution in [1.29, 1.82) is 0 Å². The predicted octanol–water partition coefficient (Wildman–Crippen LogP) is 4.75. The fraction of sp³-hybridized carbons (Fsp3) is 0.538. The van der Waals surface area contributed by atoms with Crippen molar-refractivity contribution in [2.45, 2.75) is 48.3 Å². The Hall–Kier alpha value is 0.110. The molecule has 0 aromatic heterocycles. The molecule has 1 saturated carbocycles. The maximum Gasteiger partial charge on any atom is 0.0603 e. The molecule has 1 nitrogen and oxygen atoms in total. The van der Waals surface area contributed by atoms with Crippen molar-refractivity contribution in [1.82, 2.24) is 0 Å². The number of thioether (sulfide) groups is 1. The Balaban J connectivity index is 2.05. The summed E-state index contributed by atoms with van der Waals surface area (Å²) in [4.78, 5) is 1.17. The van der Waals surface area contributed by atoms with E-state index in [0.717, 1.165) is 6.42 Å². The quantitative estimate of drug-likeness (QED) is 0.796. The SMILES string of the molecule is NC1CCCCCC1Sc1ccc(Cl)c(Cl)c1. The van der Waals surface area contributed by atoms with Gasteiger partial charge in [-0.15, -0.1) is 11.8 Å². The average Bonchev–Trinajstić information content (AvgIpc) is 2.50. The van der Waals surface area contributed by atoms with Gasteiger partial charge in [-0.2, -0.15) is 0 Å². The molecule has 94 valence electrons. The lowest BCUT2D eigenvalue weighted by Gasteiger charge is -2.20. The molecule has 1 aromatic carbocycles. The van der Waals surface area contributed by atoms with Gasteiger partial charge in [-0.25, -0.2) is 0 Å². The van der Waals surface area contributed by atoms with Gasteiger partial charge < -0.3 is 5.73 Å². The van der Waals surface area contributed by atoms with Crippen LogP contribution in [0.5, 0.6) is 0 Å². The summed E-state index contributed by atoms with van der Waals surface area (Å²) in [6, 6.07) is 6.12. The third kappa shape index (κ3) is 3.78. The highest BCUT2D eigenvalue weighted by Crippen LogP contribution is 2.35. The van der Waals surface area contributed by atoms with Gasteiger partial charge in [-0.3, -0.25) is 0 Å². The molecular formula is C13H17Cl2NS. The average molecular weight is 290 g/mol. The lowest BCUT2D eigenvalue weighted by molar-refractivity contribution is 0.596. The normalized spacial score (nSPS) is 25.6. The van der Waals surface area contributed by atoms with Crippen LogP contribution >= 0.6 is 35.0 Å². The minimum absolute atomic E-state index is 0.303. The summed E-state index contributed by atoms with van der Waals surface area (Å²) in [7, 11) is 0. The Morgan fingerprint density at radius 2 is 1.82 bits per heavy atom. The van der Waals surface area contributed by atoms with E-state index in [1.807, 2.05) is 30.0 Å². The largest absolute Gasteiger partial charge is 0.327 e. The molecule has 2 unspecified atom stereocenters. The summed E-state index contributed by atoms with van der Waals surface area (Å²) >= 11 is 13.8. The molecule has 0 aliphatic heterocycles. The van der Waals surface area contributed by atoms with Crippen LogP contribution in [0.15, 0.2) is 23.1 Å². The van der Waals surface area contributed by atoms with Gasteiger partial charge in [0.05, 0.1) is 10.0 Å². The lowest BCUT2D eigenvalue weighted by Crippen LogP contribution is -2.31. The molecule has 4 heteroatoms. The minimum atomic E-state index is 0.303. The molecule has 1 aliphatic rings. The molecule has 1 fully saturated rings. The van der Waals surface area contributed by atoms with Gasteiger partial charge in [0, 0.05) is 16.2 Å². The van der Waals surface area contributed by atoms with E-state index < -0.39 is 0 Å². The van der Waals surface area contributed by atoms with E-state index >= 15 is 0 Å². The van der Waals surface area contributed by atoms with Gasteiger partial charge in [0.2, 0.25) is 0 Å². The topological polar surface area (TPSA) is 26.0 Å². The van der Waals surface area contributed by atoms with Crippen molar-refractivity contribution in [2.75, 3.05) is 0 Å². The van der Waals surface area contributed by atoms with Crippen LogP contribution in [0.1, 0.15) is 32.1 Å². The van der Waals surface area contributed by atoms with Crippen LogP contribution in [0.2, 0.25) is 10.0 Å². The van der Waals surface area contributed by atoms with E-state index in [9.17, 15) is 0 Å². The first kappa shape index (κ1) is 13.5. The van der Waals surface area contributed by atoms with Crippen molar-refractivity contribution in [3.8, 4) is 0 Å². The highest BCUT2D eigenvalue weighted by atomic mass is 35.5. The minimum Gasteiger partial charge on any atom is -0.327 e. The Labute approximate surface area is 117 Å². The zero-order valence-electron chi connectivity index (χ0n) is 9.66. The van der Waals surface area contributed by atoms with Crippen molar-refractivity contribution in [2.24, 2.45) is 5.73 Å². The van der Waals surface area contributed by atoms with Crippen LogP contribution in [-0.2, 0) is 0 Å². The third-order valence-corrected chi connectivity index (χ3v) is 5.34. The lowest BCUT2D eigenvalue weighted by atomic mass is 10.1. The molecule has 0 spiro atoms. The first-order valence-corrected chi connectivity index (χ1v) is 7.67. The molecule has 17 heavy (non-hydrogen) atoms. The number of benzene rings is 1. The van der Waals surface area contributed by atoms with Gasteiger partial charge in [0.25, 0.3) is 0 Å². The van der Waals surface area contributed by atoms with Gasteiger partial charge in [-0.05, 0) is 31.0 Å². The van der Waals surface area contributed by atoms with Crippen molar-refractivity contribution < 1.29 is 0 Å². The molecule has 0 saturated heterocycles. The van der Waals surface area contributed by atoms with Crippen LogP contribution in [0, 0.1) is 0 Å². The monoisotopic (exact) mass is 289 g/mol. The Morgan fingerprint density at radius 1 is 1.06 bits per heavy atom. The van der Waals surface area contributed by atoms with Crippen molar-refractivity contribution in [3.63, 3.8) is 0 Å². The van der Waals surface area contributed by atoms with Crippen LogP contribution in [-0.4, -0.2) is 11.3 Å². The van der Waals surface area contributed by atoms with Crippen LogP contribution < -0.4 is 5.73 Å². The summed E-state index contributed by atoms with van der Waals surface area (Å²) in [6.07, 6.45) is 6.20. The summed E-state index contributed by atoms with van der Waals surface area (Å²) < 4.78 is 0. The van der Waals surface area contributed by atoms with Gasteiger partial charge in [-0.1, -0.05) is 42.5 Å². The zero-order valence-corrected chi connectivity index (χ0v) is 12.0. The molecule has 1 aliphatic carbocycles. The number of nitrogens with two attached hydrogens (primary N) is 1. The third-order valence-electron chi connectivity index (χ3n) is 3.18. The van der Waals surface area contributed by atoms with Crippen LogP contribution in [0.25, 0.3) is 0 Å². The molecule has 0 amide bonds. The number of hydrogen-bond acceptors (Lipinski definition) is 2. The van der Waals surface area contributed by atoms with Crippen molar-refractivity contribution >= 4 is 35.0 Å². The van der Waals surface area contributed by atoms with Gasteiger partial charge >= 0.3 is 0 Å². The maximum absolute atomic E-state index is 6.21. The predicted molar refractivity (Wildman–Crippen MR) is 77.2 cm³/mol. The highest BCUT2D eigenvalue weighted by Gasteiger charge is 2.21. The Bertz CT molecular complexity index is 384. The van der Waals surface area contributed by atoms with Crippen molar-refractivity contribution in [3.05, 3.63) is 28.2 Å². The molecule has 2 rings (SSSR count). The second-order valence-electron chi connectivity index (χ2n) is 4.53. The Kier molecular flexibility index (Phi) is 5.04. The fourth-order valence-corrected chi connectivity index (χ4v) is 3.81. The van der Waals surface area contributed by atoms with Crippen LogP contribution in [0.4, 0.5) is 0 Å². The smallest absolute Gasteiger partial charge is 0.0603 e. The number of rotatable bonds is 2. The van der Waals surface area contributed by atoms with E-state index in [2.05, 4.69) is 0 Å². The van der Waals surface area contributed by atoms with E-state index in [1.165, 1.54) is 30.6 Å². The van der Waals surface area contributed by atoms with Crippen LogP contribution in [0.3, 0.4) is 0 Å². The summed E-state index contributed by atoms with van der Waals surface area (Å²) in [5.41, 5.74) is 6.21. The molecule has 2 N–H and O–H groups in total.